The molecule has 16 heavy (non-hydrogen) atoms. The van der Waals surface area contributed by atoms with Crippen LogP contribution in [0.5, 0.6) is 0 Å². The summed E-state index contributed by atoms with van der Waals surface area (Å²) < 4.78 is 12.8. The summed E-state index contributed by atoms with van der Waals surface area (Å²) in [7, 11) is 0. The van der Waals surface area contributed by atoms with Crippen LogP contribution in [0.3, 0.4) is 0 Å². The summed E-state index contributed by atoms with van der Waals surface area (Å²) in [5.74, 6) is -3.48. The summed E-state index contributed by atoms with van der Waals surface area (Å²) in [6, 6.07) is 2.79. The molecule has 7 heteroatoms. The number of benzene rings is 1. The fourth-order valence-corrected chi connectivity index (χ4v) is 1.31. The van der Waals surface area contributed by atoms with Crippen LogP contribution in [0.4, 0.5) is 4.39 Å². The molecule has 0 aliphatic heterocycles. The van der Waals surface area contributed by atoms with Gasteiger partial charge in [0.1, 0.15) is 5.82 Å². The van der Waals surface area contributed by atoms with Gasteiger partial charge in [-0.2, -0.15) is 0 Å². The standard InChI is InChI=1S/C9H8ClFN2O3/c10-5-3-4(1-2-6(5)11)9(16,7(12)14)8(13)15/h1-3,16H,(H2,12,14)(H2,13,15). The summed E-state index contributed by atoms with van der Waals surface area (Å²) in [6.45, 7) is 0. The molecule has 0 spiro atoms. The second-order valence-corrected chi connectivity index (χ2v) is 3.47. The highest BCUT2D eigenvalue weighted by Gasteiger charge is 2.43. The number of hydrogen-bond acceptors (Lipinski definition) is 3. The lowest BCUT2D eigenvalue weighted by molar-refractivity contribution is -0.150. The van der Waals surface area contributed by atoms with Crippen molar-refractivity contribution in [3.05, 3.63) is 34.6 Å². The molecule has 0 aliphatic rings. The second kappa shape index (κ2) is 4.07. The van der Waals surface area contributed by atoms with Crippen LogP contribution in [0, 0.1) is 5.82 Å². The lowest BCUT2D eigenvalue weighted by atomic mass is 9.92. The van der Waals surface area contributed by atoms with E-state index in [1.165, 1.54) is 0 Å². The number of hydrogen-bond donors (Lipinski definition) is 3. The quantitative estimate of drug-likeness (QED) is 0.634. The summed E-state index contributed by atoms with van der Waals surface area (Å²) in [5.41, 5.74) is 6.76. The van der Waals surface area contributed by atoms with Crippen LogP contribution in [0.2, 0.25) is 5.02 Å². The number of aliphatic hydroxyl groups is 1. The molecule has 5 N–H and O–H groups in total. The van der Waals surface area contributed by atoms with E-state index in [1.54, 1.807) is 0 Å². The molecule has 1 aromatic rings. The fourth-order valence-electron chi connectivity index (χ4n) is 1.13. The number of amides is 2. The third kappa shape index (κ3) is 1.84. The van der Waals surface area contributed by atoms with Gasteiger partial charge in [-0.05, 0) is 12.1 Å². The van der Waals surface area contributed by atoms with Crippen molar-refractivity contribution in [3.8, 4) is 0 Å². The van der Waals surface area contributed by atoms with E-state index in [-0.39, 0.29) is 10.6 Å². The van der Waals surface area contributed by atoms with E-state index < -0.39 is 23.2 Å². The van der Waals surface area contributed by atoms with Gasteiger partial charge in [-0.3, -0.25) is 9.59 Å². The van der Waals surface area contributed by atoms with Gasteiger partial charge in [0.05, 0.1) is 5.02 Å². The highest BCUT2D eigenvalue weighted by Crippen LogP contribution is 2.25. The molecular weight excluding hydrogens is 239 g/mol. The van der Waals surface area contributed by atoms with Gasteiger partial charge in [0.2, 0.25) is 5.60 Å². The zero-order chi connectivity index (χ0) is 12.5. The third-order valence-electron chi connectivity index (χ3n) is 2.05. The lowest BCUT2D eigenvalue weighted by Gasteiger charge is -2.21. The Morgan fingerprint density at radius 1 is 1.31 bits per heavy atom. The molecule has 0 fully saturated rings. The maximum absolute atomic E-state index is 12.8. The van der Waals surface area contributed by atoms with Crippen LogP contribution in [-0.4, -0.2) is 16.9 Å². The van der Waals surface area contributed by atoms with Crippen LogP contribution >= 0.6 is 11.6 Å². The Morgan fingerprint density at radius 3 is 2.19 bits per heavy atom. The molecule has 0 unspecified atom stereocenters. The number of carbonyl (C=O) groups excluding carboxylic acids is 2. The van der Waals surface area contributed by atoms with Crippen LogP contribution < -0.4 is 11.5 Å². The predicted octanol–water partition coefficient (Wildman–Crippen LogP) is -0.363. The highest BCUT2D eigenvalue weighted by atomic mass is 35.5. The van der Waals surface area contributed by atoms with Crippen molar-refractivity contribution in [2.24, 2.45) is 11.5 Å². The molecule has 5 nitrogen and oxygen atoms in total. The van der Waals surface area contributed by atoms with Gasteiger partial charge >= 0.3 is 0 Å². The first-order chi connectivity index (χ1) is 7.30. The van der Waals surface area contributed by atoms with Crippen LogP contribution in [0.1, 0.15) is 5.56 Å². The normalized spacial score (nSPS) is 11.2. The molecule has 86 valence electrons. The predicted molar refractivity (Wildman–Crippen MR) is 53.7 cm³/mol. The van der Waals surface area contributed by atoms with Gasteiger partial charge in [0.25, 0.3) is 11.8 Å². The van der Waals surface area contributed by atoms with E-state index in [2.05, 4.69) is 0 Å². The molecule has 0 bridgehead atoms. The van der Waals surface area contributed by atoms with Crippen molar-refractivity contribution < 1.29 is 19.1 Å². The first kappa shape index (κ1) is 12.4. The Hall–Kier alpha value is -1.66. The summed E-state index contributed by atoms with van der Waals surface area (Å²) in [6.07, 6.45) is 0. The summed E-state index contributed by atoms with van der Waals surface area (Å²) in [4.78, 5) is 22.0. The van der Waals surface area contributed by atoms with Crippen LogP contribution in [-0.2, 0) is 15.2 Å². The smallest absolute Gasteiger partial charge is 0.264 e. The largest absolute Gasteiger partial charge is 0.368 e. The van der Waals surface area contributed by atoms with Crippen molar-refractivity contribution in [3.63, 3.8) is 0 Å². The van der Waals surface area contributed by atoms with E-state index >= 15 is 0 Å². The van der Waals surface area contributed by atoms with Crippen molar-refractivity contribution in [1.29, 1.82) is 0 Å². The van der Waals surface area contributed by atoms with Crippen LogP contribution in [0.15, 0.2) is 18.2 Å². The zero-order valence-electron chi connectivity index (χ0n) is 7.91. The zero-order valence-corrected chi connectivity index (χ0v) is 8.66. The SMILES string of the molecule is NC(=O)C(O)(C(N)=O)c1ccc(F)c(Cl)c1. The minimum absolute atomic E-state index is 0.279. The Morgan fingerprint density at radius 2 is 1.81 bits per heavy atom. The Kier molecular flexibility index (Phi) is 3.16. The maximum Gasteiger partial charge on any atom is 0.264 e. The first-order valence-electron chi connectivity index (χ1n) is 4.08. The molecule has 1 rings (SSSR count). The van der Waals surface area contributed by atoms with Gasteiger partial charge in [-0.25, -0.2) is 4.39 Å². The minimum atomic E-state index is -2.70. The van der Waals surface area contributed by atoms with Gasteiger partial charge in [0.15, 0.2) is 0 Å². The minimum Gasteiger partial charge on any atom is -0.368 e. The number of carbonyl (C=O) groups is 2. The monoisotopic (exact) mass is 246 g/mol. The Labute approximate surface area is 94.8 Å². The Bertz CT molecular complexity index is 450. The van der Waals surface area contributed by atoms with E-state index in [9.17, 15) is 19.1 Å². The number of primary amides is 2. The number of rotatable bonds is 3. The van der Waals surface area contributed by atoms with E-state index in [1.807, 2.05) is 0 Å². The van der Waals surface area contributed by atoms with Crippen molar-refractivity contribution >= 4 is 23.4 Å². The molecule has 0 aliphatic carbocycles. The third-order valence-corrected chi connectivity index (χ3v) is 2.34. The van der Waals surface area contributed by atoms with Crippen LogP contribution in [0.25, 0.3) is 0 Å². The van der Waals surface area contributed by atoms with Gasteiger partial charge in [-0.15, -0.1) is 0 Å². The van der Waals surface area contributed by atoms with E-state index in [0.29, 0.717) is 0 Å². The average Bonchev–Trinajstić information content (AvgIpc) is 2.20. The Balaban J connectivity index is 3.39. The number of halogens is 2. The van der Waals surface area contributed by atoms with Crippen molar-refractivity contribution in [2.45, 2.75) is 5.60 Å². The molecule has 2 amide bonds. The highest BCUT2D eigenvalue weighted by molar-refractivity contribution is 6.30. The average molecular weight is 247 g/mol. The topological polar surface area (TPSA) is 106 Å². The molecule has 0 radical (unpaired) electrons. The number of nitrogens with two attached hydrogens (primary N) is 2. The molecule has 0 saturated heterocycles. The van der Waals surface area contributed by atoms with E-state index in [0.717, 1.165) is 18.2 Å². The molecule has 0 heterocycles. The molecule has 0 saturated carbocycles. The van der Waals surface area contributed by atoms with Crippen molar-refractivity contribution in [2.75, 3.05) is 0 Å². The molecular formula is C9H8ClFN2O3. The molecule has 0 atom stereocenters. The van der Waals surface area contributed by atoms with E-state index in [4.69, 9.17) is 23.1 Å². The van der Waals surface area contributed by atoms with Crippen molar-refractivity contribution in [1.82, 2.24) is 0 Å². The van der Waals surface area contributed by atoms with Gasteiger partial charge in [0, 0.05) is 5.56 Å². The van der Waals surface area contributed by atoms with Gasteiger partial charge in [-0.1, -0.05) is 17.7 Å². The molecule has 0 aromatic heterocycles. The molecule has 1 aromatic carbocycles. The second-order valence-electron chi connectivity index (χ2n) is 3.07. The summed E-state index contributed by atoms with van der Waals surface area (Å²) in [5, 5.41) is 9.36. The van der Waals surface area contributed by atoms with Gasteiger partial charge < -0.3 is 16.6 Å². The first-order valence-corrected chi connectivity index (χ1v) is 4.45. The fraction of sp³-hybridized carbons (Fsp3) is 0.111. The lowest BCUT2D eigenvalue weighted by Crippen LogP contribution is -2.51. The maximum atomic E-state index is 12.8. The summed E-state index contributed by atoms with van der Waals surface area (Å²) >= 11 is 5.44.